The van der Waals surface area contributed by atoms with E-state index in [0.29, 0.717) is 0 Å². The van der Waals surface area contributed by atoms with Crippen molar-refractivity contribution in [1.82, 2.24) is 5.32 Å². The van der Waals surface area contributed by atoms with Gasteiger partial charge in [0.25, 0.3) is 0 Å². The predicted molar refractivity (Wildman–Crippen MR) is 60.4 cm³/mol. The summed E-state index contributed by atoms with van der Waals surface area (Å²) in [6.45, 7) is 3.26. The molecule has 0 bridgehead atoms. The van der Waals surface area contributed by atoms with Gasteiger partial charge in [0.05, 0.1) is 6.54 Å². The van der Waals surface area contributed by atoms with Crippen molar-refractivity contribution in [2.24, 2.45) is 4.99 Å². The fourth-order valence-electron chi connectivity index (χ4n) is 1.41. The van der Waals surface area contributed by atoms with Gasteiger partial charge in [0.1, 0.15) is 0 Å². The molecule has 1 aliphatic rings. The Bertz CT molecular complexity index is 395. The number of carbonyl (C=O) groups excluding carboxylic acids is 1. The first kappa shape index (κ1) is 9.71. The molecule has 0 aromatic heterocycles. The van der Waals surface area contributed by atoms with Crippen LogP contribution in [0.1, 0.15) is 17.3 Å². The van der Waals surface area contributed by atoms with Crippen molar-refractivity contribution in [2.75, 3.05) is 18.4 Å². The molecule has 0 saturated carbocycles. The van der Waals surface area contributed by atoms with Gasteiger partial charge in [-0.25, -0.2) is 0 Å². The Hall–Kier alpha value is -1.84. The normalized spacial score (nSPS) is 14.3. The number of rotatable bonds is 2. The molecule has 0 saturated heterocycles. The predicted octanol–water partition coefficient (Wildman–Crippen LogP) is 1.26. The van der Waals surface area contributed by atoms with Crippen LogP contribution in [0.25, 0.3) is 0 Å². The summed E-state index contributed by atoms with van der Waals surface area (Å²) in [7, 11) is 0. The fourth-order valence-corrected chi connectivity index (χ4v) is 1.41. The third-order valence-electron chi connectivity index (χ3n) is 2.23. The molecule has 15 heavy (non-hydrogen) atoms. The smallest absolute Gasteiger partial charge is 0.195 e. The summed E-state index contributed by atoms with van der Waals surface area (Å²) < 4.78 is 0. The number of nitrogens with zero attached hydrogens (tertiary/aromatic N) is 1. The van der Waals surface area contributed by atoms with E-state index in [1.807, 2.05) is 12.1 Å². The molecule has 0 radical (unpaired) electrons. The van der Waals surface area contributed by atoms with Crippen LogP contribution in [0.5, 0.6) is 0 Å². The summed E-state index contributed by atoms with van der Waals surface area (Å²) >= 11 is 0. The highest BCUT2D eigenvalue weighted by molar-refractivity contribution is 5.96. The van der Waals surface area contributed by atoms with E-state index >= 15 is 0 Å². The quantitative estimate of drug-likeness (QED) is 0.711. The van der Waals surface area contributed by atoms with Gasteiger partial charge >= 0.3 is 0 Å². The molecular weight excluding hydrogens is 190 g/mol. The van der Waals surface area contributed by atoms with Gasteiger partial charge in [0, 0.05) is 17.8 Å². The molecule has 0 atom stereocenters. The van der Waals surface area contributed by atoms with Gasteiger partial charge in [-0.15, -0.1) is 0 Å². The molecule has 0 fully saturated rings. The molecule has 2 rings (SSSR count). The molecule has 4 heteroatoms. The van der Waals surface area contributed by atoms with Crippen molar-refractivity contribution in [1.29, 1.82) is 0 Å². The highest BCUT2D eigenvalue weighted by Crippen LogP contribution is 2.10. The summed E-state index contributed by atoms with van der Waals surface area (Å²) in [5.41, 5.74) is 1.66. The minimum atomic E-state index is 0.0814. The molecular formula is C11H13N3O. The number of guanidine groups is 1. The van der Waals surface area contributed by atoms with E-state index in [1.54, 1.807) is 19.1 Å². The van der Waals surface area contributed by atoms with E-state index in [9.17, 15) is 4.79 Å². The van der Waals surface area contributed by atoms with Crippen LogP contribution < -0.4 is 10.6 Å². The van der Waals surface area contributed by atoms with E-state index in [0.717, 1.165) is 30.3 Å². The maximum Gasteiger partial charge on any atom is 0.195 e. The van der Waals surface area contributed by atoms with Gasteiger partial charge in [0.15, 0.2) is 11.7 Å². The maximum atomic E-state index is 11.0. The van der Waals surface area contributed by atoms with Gasteiger partial charge in [-0.2, -0.15) is 0 Å². The van der Waals surface area contributed by atoms with Crippen molar-refractivity contribution < 1.29 is 4.79 Å². The number of nitrogens with one attached hydrogen (secondary N) is 2. The van der Waals surface area contributed by atoms with Crippen LogP contribution in [0.3, 0.4) is 0 Å². The molecule has 1 heterocycles. The van der Waals surface area contributed by atoms with Crippen molar-refractivity contribution >= 4 is 17.4 Å². The Kier molecular flexibility index (Phi) is 2.67. The zero-order valence-corrected chi connectivity index (χ0v) is 8.58. The second-order valence-electron chi connectivity index (χ2n) is 3.42. The maximum absolute atomic E-state index is 11.0. The summed E-state index contributed by atoms with van der Waals surface area (Å²) in [5.74, 6) is 0.878. The average Bonchev–Trinajstić information content (AvgIpc) is 2.71. The standard InChI is InChI=1S/C11H13N3O/c1-8(15)9-2-4-10(5-3-9)14-11-12-6-7-13-11/h2-5H,6-7H2,1H3,(H2,12,13,14). The van der Waals surface area contributed by atoms with Gasteiger partial charge in [-0.3, -0.25) is 9.79 Å². The monoisotopic (exact) mass is 203 g/mol. The summed E-state index contributed by atoms with van der Waals surface area (Å²) in [6.07, 6.45) is 0. The first-order chi connectivity index (χ1) is 7.25. The average molecular weight is 203 g/mol. The molecule has 0 unspecified atom stereocenters. The Morgan fingerprint density at radius 2 is 2.13 bits per heavy atom. The number of hydrogen-bond donors (Lipinski definition) is 2. The Balaban J connectivity index is 2.06. The fraction of sp³-hybridized carbons (Fsp3) is 0.273. The topological polar surface area (TPSA) is 53.5 Å². The van der Waals surface area contributed by atoms with Crippen molar-refractivity contribution in [2.45, 2.75) is 6.92 Å². The van der Waals surface area contributed by atoms with Crippen LogP contribution in [-0.4, -0.2) is 24.8 Å². The molecule has 1 aromatic carbocycles. The lowest BCUT2D eigenvalue weighted by Gasteiger charge is -2.06. The third kappa shape index (κ3) is 2.34. The van der Waals surface area contributed by atoms with Crippen LogP contribution in [-0.2, 0) is 0 Å². The molecule has 1 aliphatic heterocycles. The molecule has 78 valence electrons. The van der Waals surface area contributed by atoms with E-state index < -0.39 is 0 Å². The van der Waals surface area contributed by atoms with Gasteiger partial charge in [-0.1, -0.05) is 0 Å². The SMILES string of the molecule is CC(=O)c1ccc(NC2=NCCN2)cc1. The number of Topliss-reactive ketones (excluding diaryl/α,β-unsaturated/α-hetero) is 1. The zero-order valence-electron chi connectivity index (χ0n) is 8.58. The summed E-state index contributed by atoms with van der Waals surface area (Å²) in [5, 5.41) is 6.25. The lowest BCUT2D eigenvalue weighted by atomic mass is 10.1. The minimum absolute atomic E-state index is 0.0814. The number of aliphatic imine (C=N–C) groups is 1. The Morgan fingerprint density at radius 3 is 2.67 bits per heavy atom. The lowest BCUT2D eigenvalue weighted by Crippen LogP contribution is -2.26. The molecule has 0 aliphatic carbocycles. The lowest BCUT2D eigenvalue weighted by molar-refractivity contribution is 0.101. The van der Waals surface area contributed by atoms with E-state index in [2.05, 4.69) is 15.6 Å². The number of benzene rings is 1. The summed E-state index contributed by atoms with van der Waals surface area (Å²) in [6, 6.07) is 7.36. The Labute approximate surface area is 88.4 Å². The van der Waals surface area contributed by atoms with Crippen molar-refractivity contribution in [3.63, 3.8) is 0 Å². The highest BCUT2D eigenvalue weighted by Gasteiger charge is 2.04. The molecule has 2 N–H and O–H groups in total. The van der Waals surface area contributed by atoms with Crippen molar-refractivity contribution in [3.8, 4) is 0 Å². The van der Waals surface area contributed by atoms with Crippen LogP contribution in [0, 0.1) is 0 Å². The number of anilines is 1. The molecule has 1 aromatic rings. The third-order valence-corrected chi connectivity index (χ3v) is 2.23. The first-order valence-electron chi connectivity index (χ1n) is 4.92. The van der Waals surface area contributed by atoms with Gasteiger partial charge in [0.2, 0.25) is 0 Å². The van der Waals surface area contributed by atoms with Gasteiger partial charge in [-0.05, 0) is 31.2 Å². The van der Waals surface area contributed by atoms with Crippen LogP contribution in [0.2, 0.25) is 0 Å². The van der Waals surface area contributed by atoms with E-state index in [4.69, 9.17) is 0 Å². The molecule has 4 nitrogen and oxygen atoms in total. The number of ketones is 1. The largest absolute Gasteiger partial charge is 0.354 e. The number of hydrogen-bond acceptors (Lipinski definition) is 4. The zero-order chi connectivity index (χ0) is 10.7. The van der Waals surface area contributed by atoms with Crippen LogP contribution >= 0.6 is 0 Å². The second-order valence-corrected chi connectivity index (χ2v) is 3.42. The highest BCUT2D eigenvalue weighted by atomic mass is 16.1. The molecule has 0 spiro atoms. The van der Waals surface area contributed by atoms with Crippen LogP contribution in [0.4, 0.5) is 5.69 Å². The van der Waals surface area contributed by atoms with E-state index in [1.165, 1.54) is 0 Å². The van der Waals surface area contributed by atoms with Gasteiger partial charge < -0.3 is 10.6 Å². The van der Waals surface area contributed by atoms with Crippen molar-refractivity contribution in [3.05, 3.63) is 29.8 Å². The Morgan fingerprint density at radius 1 is 1.40 bits per heavy atom. The molecule has 0 amide bonds. The first-order valence-corrected chi connectivity index (χ1v) is 4.92. The van der Waals surface area contributed by atoms with E-state index in [-0.39, 0.29) is 5.78 Å². The minimum Gasteiger partial charge on any atom is -0.354 e. The summed E-state index contributed by atoms with van der Waals surface area (Å²) in [4.78, 5) is 15.3. The number of carbonyl (C=O) groups is 1. The second kappa shape index (κ2) is 4.13. The van der Waals surface area contributed by atoms with Crippen LogP contribution in [0.15, 0.2) is 29.3 Å².